The molecule has 10 heteroatoms. The lowest BCUT2D eigenvalue weighted by Crippen LogP contribution is -2.52. The molecule has 2 aliphatic heterocycles. The fraction of sp³-hybridized carbons (Fsp3) is 0.500. The van der Waals surface area contributed by atoms with Gasteiger partial charge in [-0.3, -0.25) is 9.59 Å². The summed E-state index contributed by atoms with van der Waals surface area (Å²) in [6.45, 7) is 9.54. The number of nitrogens with zero attached hydrogens (tertiary/aromatic N) is 2. The molecule has 0 unspecified atom stereocenters. The molecule has 0 amide bonds. The Kier molecular flexibility index (Phi) is 6.23. The van der Waals surface area contributed by atoms with Crippen LogP contribution in [0, 0.1) is 0 Å². The normalized spacial score (nSPS) is 28.6. The number of hydrogen-bond acceptors (Lipinski definition) is 8. The van der Waals surface area contributed by atoms with E-state index in [4.69, 9.17) is 19.9 Å². The number of halogens is 2. The lowest BCUT2D eigenvalue weighted by molar-refractivity contribution is -0.180. The lowest BCUT2D eigenvalue weighted by atomic mass is 9.95. The third-order valence-electron chi connectivity index (χ3n) is 4.30. The minimum atomic E-state index is -3.72. The van der Waals surface area contributed by atoms with Gasteiger partial charge in [-0.2, -0.15) is 8.78 Å². The molecule has 2 heterocycles. The van der Waals surface area contributed by atoms with Gasteiger partial charge in [-0.05, 0) is 6.08 Å². The van der Waals surface area contributed by atoms with E-state index in [1.165, 1.54) is 19.2 Å². The van der Waals surface area contributed by atoms with Crippen LogP contribution >= 0.6 is 0 Å². The van der Waals surface area contributed by atoms with E-state index in [0.717, 1.165) is 11.0 Å². The van der Waals surface area contributed by atoms with Gasteiger partial charge in [0.25, 0.3) is 0 Å². The Morgan fingerprint density at radius 3 is 2.57 bits per heavy atom. The summed E-state index contributed by atoms with van der Waals surface area (Å²) in [5.41, 5.74) is 3.58. The topological polar surface area (TPSA) is 103 Å². The number of hydrogen-bond donors (Lipinski definition) is 1. The predicted octanol–water partition coefficient (Wildman–Crippen LogP) is 1.84. The molecule has 0 bridgehead atoms. The van der Waals surface area contributed by atoms with E-state index in [0.29, 0.717) is 0 Å². The molecule has 0 saturated carbocycles. The molecule has 28 heavy (non-hydrogen) atoms. The fourth-order valence-electron chi connectivity index (χ4n) is 2.76. The van der Waals surface area contributed by atoms with Crippen LogP contribution in [0.3, 0.4) is 0 Å². The highest BCUT2D eigenvalue weighted by atomic mass is 19.3. The monoisotopic (exact) mass is 399 g/mol. The van der Waals surface area contributed by atoms with Crippen molar-refractivity contribution in [3.8, 4) is 0 Å². The van der Waals surface area contributed by atoms with E-state index in [-0.39, 0.29) is 24.5 Å². The van der Waals surface area contributed by atoms with Crippen molar-refractivity contribution in [2.45, 2.75) is 50.5 Å². The Labute approximate surface area is 161 Å². The van der Waals surface area contributed by atoms with Crippen molar-refractivity contribution in [1.82, 2.24) is 4.90 Å². The van der Waals surface area contributed by atoms with Crippen LogP contribution in [0.4, 0.5) is 8.78 Å². The van der Waals surface area contributed by atoms with Gasteiger partial charge in [-0.25, -0.2) is 4.99 Å². The zero-order valence-electron chi connectivity index (χ0n) is 15.7. The van der Waals surface area contributed by atoms with E-state index >= 15 is 8.78 Å². The summed E-state index contributed by atoms with van der Waals surface area (Å²) in [6, 6.07) is 0. The quantitative estimate of drug-likeness (QED) is 0.515. The molecule has 3 atom stereocenters. The Morgan fingerprint density at radius 2 is 2.04 bits per heavy atom. The minimum absolute atomic E-state index is 0.0338. The van der Waals surface area contributed by atoms with Crippen LogP contribution in [0.25, 0.3) is 0 Å². The maximum absolute atomic E-state index is 15.3. The summed E-state index contributed by atoms with van der Waals surface area (Å²) >= 11 is 0. The van der Waals surface area contributed by atoms with Gasteiger partial charge in [0.05, 0.1) is 0 Å². The number of nitrogens with two attached hydrogens (primary N) is 1. The van der Waals surface area contributed by atoms with Crippen molar-refractivity contribution >= 4 is 17.8 Å². The maximum Gasteiger partial charge on any atom is 0.331 e. The maximum atomic E-state index is 15.3. The number of aliphatic imine (C=N–C) groups is 1. The Bertz CT molecular complexity index is 737. The summed E-state index contributed by atoms with van der Waals surface area (Å²) < 4.78 is 46.3. The van der Waals surface area contributed by atoms with E-state index in [1.807, 2.05) is 0 Å². The minimum Gasteiger partial charge on any atom is -0.462 e. The molecule has 0 aromatic carbocycles. The van der Waals surface area contributed by atoms with Crippen molar-refractivity contribution in [3.63, 3.8) is 0 Å². The number of amidine groups is 1. The molecule has 1 fully saturated rings. The Balaban J connectivity index is 2.43. The van der Waals surface area contributed by atoms with E-state index < -0.39 is 42.4 Å². The Morgan fingerprint density at radius 1 is 1.39 bits per heavy atom. The molecular weight excluding hydrogens is 376 g/mol. The van der Waals surface area contributed by atoms with Gasteiger partial charge in [-0.15, -0.1) is 0 Å². The number of esters is 2. The molecule has 1 saturated heterocycles. The molecule has 0 radical (unpaired) electrons. The second-order valence-electron chi connectivity index (χ2n) is 6.22. The zero-order chi connectivity index (χ0) is 21.1. The van der Waals surface area contributed by atoms with Crippen LogP contribution in [0.15, 0.2) is 42.3 Å². The average molecular weight is 399 g/mol. The fourth-order valence-corrected chi connectivity index (χ4v) is 2.76. The first-order valence-corrected chi connectivity index (χ1v) is 8.65. The second-order valence-corrected chi connectivity index (χ2v) is 6.22. The van der Waals surface area contributed by atoms with Crippen molar-refractivity contribution in [2.24, 2.45) is 10.7 Å². The number of carbonyl (C=O) groups excluding carboxylic acids is 2. The molecule has 0 aromatic rings. The third kappa shape index (κ3) is 3.91. The first-order valence-electron chi connectivity index (χ1n) is 8.65. The molecule has 2 aliphatic rings. The van der Waals surface area contributed by atoms with Crippen LogP contribution in [0.1, 0.15) is 26.7 Å². The highest BCUT2D eigenvalue weighted by molar-refractivity contribution is 5.92. The number of rotatable bonds is 7. The van der Waals surface area contributed by atoms with Crippen molar-refractivity contribution in [3.05, 3.63) is 37.3 Å². The molecular formula is C18H23F2N3O5. The molecule has 0 aromatic heterocycles. The van der Waals surface area contributed by atoms with E-state index in [1.54, 1.807) is 6.92 Å². The van der Waals surface area contributed by atoms with Crippen molar-refractivity contribution in [2.75, 3.05) is 6.61 Å². The van der Waals surface area contributed by atoms with Gasteiger partial charge < -0.3 is 24.8 Å². The van der Waals surface area contributed by atoms with Crippen LogP contribution in [0.5, 0.6) is 0 Å². The molecule has 2 N–H and O–H groups in total. The van der Waals surface area contributed by atoms with Gasteiger partial charge in [0.1, 0.15) is 18.3 Å². The summed E-state index contributed by atoms with van der Waals surface area (Å²) in [5.74, 6) is -5.21. The molecule has 154 valence electrons. The van der Waals surface area contributed by atoms with Gasteiger partial charge in [-0.1, -0.05) is 33.1 Å². The number of ether oxygens (including phenoxy) is 3. The van der Waals surface area contributed by atoms with Gasteiger partial charge in [0.2, 0.25) is 12.3 Å². The molecule has 8 nitrogen and oxygen atoms in total. The smallest absolute Gasteiger partial charge is 0.331 e. The SMILES string of the molecule is C=C[C@]1(COC(=O)CC)O[C@@H](N2C=CC(N)=NC2=C)C(F)(F)[C@@H]1OC(=O)CC. The summed E-state index contributed by atoms with van der Waals surface area (Å²) in [7, 11) is 0. The lowest BCUT2D eigenvalue weighted by Gasteiger charge is -2.32. The van der Waals surface area contributed by atoms with Crippen LogP contribution in [-0.4, -0.2) is 53.1 Å². The van der Waals surface area contributed by atoms with Crippen LogP contribution in [0.2, 0.25) is 0 Å². The van der Waals surface area contributed by atoms with Crippen molar-refractivity contribution < 1.29 is 32.6 Å². The summed E-state index contributed by atoms with van der Waals surface area (Å²) in [5, 5.41) is 0. The Hall–Kier alpha value is -2.75. The number of carbonyl (C=O) groups is 2. The molecule has 2 rings (SSSR count). The number of alkyl halides is 2. The average Bonchev–Trinajstić information content (AvgIpc) is 2.87. The van der Waals surface area contributed by atoms with Crippen molar-refractivity contribution in [1.29, 1.82) is 0 Å². The standard InChI is InChI=1S/C18H23F2N3O5/c1-5-13(24)26-10-17(7-3)15(27-14(25)6-2)18(19,20)16(28-17)23-9-8-12(21)22-11(23)4/h7-9,15-16H,3-6,10H2,1-2H3,(H2,21,22)/t15-,16-,17-/m1/s1. The third-order valence-corrected chi connectivity index (χ3v) is 4.30. The molecule has 0 aliphatic carbocycles. The van der Waals surface area contributed by atoms with E-state index in [9.17, 15) is 9.59 Å². The highest BCUT2D eigenvalue weighted by Crippen LogP contribution is 2.47. The highest BCUT2D eigenvalue weighted by Gasteiger charge is 2.69. The van der Waals surface area contributed by atoms with Gasteiger partial charge >= 0.3 is 17.9 Å². The molecule has 0 spiro atoms. The summed E-state index contributed by atoms with van der Waals surface area (Å²) in [4.78, 5) is 28.2. The van der Waals surface area contributed by atoms with Gasteiger partial charge in [0, 0.05) is 19.0 Å². The van der Waals surface area contributed by atoms with E-state index in [2.05, 4.69) is 18.2 Å². The largest absolute Gasteiger partial charge is 0.462 e. The summed E-state index contributed by atoms with van der Waals surface area (Å²) in [6.07, 6.45) is -0.538. The van der Waals surface area contributed by atoms with Gasteiger partial charge in [0.15, 0.2) is 5.60 Å². The first kappa shape index (κ1) is 21.5. The van der Waals surface area contributed by atoms with Crippen LogP contribution in [-0.2, 0) is 23.8 Å². The van der Waals surface area contributed by atoms with Crippen LogP contribution < -0.4 is 5.73 Å². The predicted molar refractivity (Wildman–Crippen MR) is 95.9 cm³/mol. The zero-order valence-corrected chi connectivity index (χ0v) is 15.7. The second kappa shape index (κ2) is 8.09. The first-order chi connectivity index (χ1) is 13.1.